The van der Waals surface area contributed by atoms with Crippen molar-refractivity contribution in [3.63, 3.8) is 0 Å². The Labute approximate surface area is 200 Å². The molecule has 0 atom stereocenters. The van der Waals surface area contributed by atoms with Gasteiger partial charge in [-0.1, -0.05) is 6.08 Å². The molecule has 4 aromatic rings. The number of aromatic nitrogens is 6. The zero-order valence-electron chi connectivity index (χ0n) is 18.9. The van der Waals surface area contributed by atoms with E-state index in [-0.39, 0.29) is 10.7 Å². The topological polar surface area (TPSA) is 127 Å². The van der Waals surface area contributed by atoms with E-state index in [0.29, 0.717) is 29.7 Å². The molecule has 0 fully saturated rings. The van der Waals surface area contributed by atoms with Gasteiger partial charge in [0.1, 0.15) is 0 Å². The molecule has 1 aliphatic heterocycles. The van der Waals surface area contributed by atoms with Crippen molar-refractivity contribution in [3.8, 4) is 5.75 Å². The highest BCUT2D eigenvalue weighted by atomic mass is 32.2. The Morgan fingerprint density at radius 1 is 1.11 bits per heavy atom. The fraction of sp³-hybridized carbons (Fsp3) is 0.227. The first-order valence-corrected chi connectivity index (χ1v) is 12.5. The number of hydrogen-bond acceptors (Lipinski definition) is 10. The summed E-state index contributed by atoms with van der Waals surface area (Å²) in [6, 6.07) is 2.55. The minimum absolute atomic E-state index is 0.00503. The Balaban J connectivity index is 1.39. The number of nitrogens with zero attached hydrogens (tertiary/aromatic N) is 7. The maximum absolute atomic E-state index is 14.5. The van der Waals surface area contributed by atoms with Crippen molar-refractivity contribution in [2.75, 3.05) is 36.7 Å². The number of halogens is 1. The van der Waals surface area contributed by atoms with Crippen LogP contribution in [0, 0.1) is 5.95 Å². The number of imidazole rings is 1. The van der Waals surface area contributed by atoms with Crippen LogP contribution in [-0.2, 0) is 9.84 Å². The van der Waals surface area contributed by atoms with Gasteiger partial charge in [0, 0.05) is 31.7 Å². The number of hydrogen-bond donors (Lipinski definition) is 1. The van der Waals surface area contributed by atoms with Gasteiger partial charge in [-0.15, -0.1) is 0 Å². The van der Waals surface area contributed by atoms with Crippen LogP contribution in [0.3, 0.4) is 0 Å². The number of nitrogens with one attached hydrogen (secondary N) is 1. The van der Waals surface area contributed by atoms with Crippen LogP contribution in [0.1, 0.15) is 12.1 Å². The lowest BCUT2D eigenvalue weighted by Gasteiger charge is -2.26. The summed E-state index contributed by atoms with van der Waals surface area (Å²) in [5.74, 6) is 0.607. The molecular weight excluding hydrogens is 475 g/mol. The Hall–Kier alpha value is -4.13. The Morgan fingerprint density at radius 2 is 1.91 bits per heavy atom. The van der Waals surface area contributed by atoms with E-state index in [1.54, 1.807) is 38.1 Å². The number of ether oxygens (including phenoxy) is 1. The summed E-state index contributed by atoms with van der Waals surface area (Å²) in [4.78, 5) is 23.1. The third-order valence-electron chi connectivity index (χ3n) is 5.56. The van der Waals surface area contributed by atoms with E-state index in [9.17, 15) is 12.8 Å². The van der Waals surface area contributed by atoms with E-state index in [4.69, 9.17) is 4.74 Å². The van der Waals surface area contributed by atoms with Crippen molar-refractivity contribution in [1.82, 2.24) is 29.3 Å². The zero-order chi connectivity index (χ0) is 24.6. The molecule has 180 valence electrons. The first kappa shape index (κ1) is 22.7. The molecule has 0 amide bonds. The molecule has 0 saturated carbocycles. The van der Waals surface area contributed by atoms with Crippen LogP contribution in [0.4, 0.5) is 21.8 Å². The monoisotopic (exact) mass is 496 g/mol. The second-order valence-corrected chi connectivity index (χ2v) is 9.81. The predicted molar refractivity (Wildman–Crippen MR) is 127 cm³/mol. The van der Waals surface area contributed by atoms with Gasteiger partial charge in [-0.2, -0.15) is 4.39 Å². The third kappa shape index (κ3) is 4.49. The van der Waals surface area contributed by atoms with Crippen molar-refractivity contribution in [3.05, 3.63) is 60.8 Å². The van der Waals surface area contributed by atoms with Gasteiger partial charge in [0.2, 0.25) is 11.9 Å². The molecule has 5 heterocycles. The molecule has 1 N–H and O–H groups in total. The van der Waals surface area contributed by atoms with Gasteiger partial charge >= 0.3 is 0 Å². The molecule has 13 heteroatoms. The fourth-order valence-corrected chi connectivity index (χ4v) is 4.31. The van der Waals surface area contributed by atoms with Crippen LogP contribution in [0.5, 0.6) is 5.75 Å². The summed E-state index contributed by atoms with van der Waals surface area (Å²) in [6.45, 7) is 1.36. The van der Waals surface area contributed by atoms with Crippen molar-refractivity contribution in [2.45, 2.75) is 11.4 Å². The Bertz CT molecular complexity index is 1540. The normalized spacial score (nSPS) is 14.1. The van der Waals surface area contributed by atoms with Gasteiger partial charge < -0.3 is 15.0 Å². The fourth-order valence-electron chi connectivity index (χ4n) is 3.75. The molecule has 4 aromatic heterocycles. The van der Waals surface area contributed by atoms with Crippen LogP contribution in [0.15, 0.2) is 54.2 Å². The van der Waals surface area contributed by atoms with Gasteiger partial charge in [0.15, 0.2) is 32.1 Å². The second kappa shape index (κ2) is 8.91. The summed E-state index contributed by atoms with van der Waals surface area (Å²) < 4.78 is 44.7. The molecule has 5 rings (SSSR count). The quantitative estimate of drug-likeness (QED) is 0.398. The summed E-state index contributed by atoms with van der Waals surface area (Å²) >= 11 is 0. The van der Waals surface area contributed by atoms with E-state index in [1.807, 2.05) is 4.40 Å². The maximum Gasteiger partial charge on any atom is 0.237 e. The SMILES string of the molecule is COc1cnc(N2CC=C(c3cnc4c(Nc5ccc(S(C)(=O)=O)nc5F)nccn34)CC2)nc1. The molecule has 0 saturated heterocycles. The average Bonchev–Trinajstić information content (AvgIpc) is 3.30. The highest BCUT2D eigenvalue weighted by Crippen LogP contribution is 2.28. The van der Waals surface area contributed by atoms with Crippen LogP contribution < -0.4 is 15.0 Å². The van der Waals surface area contributed by atoms with Crippen LogP contribution in [0.2, 0.25) is 0 Å². The Morgan fingerprint density at radius 3 is 2.57 bits per heavy atom. The van der Waals surface area contributed by atoms with E-state index < -0.39 is 15.8 Å². The highest BCUT2D eigenvalue weighted by Gasteiger charge is 2.20. The van der Waals surface area contributed by atoms with Crippen LogP contribution >= 0.6 is 0 Å². The minimum atomic E-state index is -3.62. The van der Waals surface area contributed by atoms with Crippen molar-refractivity contribution < 1.29 is 17.5 Å². The molecule has 0 unspecified atom stereocenters. The number of methoxy groups -OCH3 is 1. The van der Waals surface area contributed by atoms with Crippen LogP contribution in [-0.4, -0.2) is 64.2 Å². The van der Waals surface area contributed by atoms with E-state index in [2.05, 4.69) is 41.2 Å². The molecule has 0 aromatic carbocycles. The number of rotatable bonds is 6. The Kier molecular flexibility index (Phi) is 5.76. The first-order chi connectivity index (χ1) is 16.8. The lowest BCUT2D eigenvalue weighted by molar-refractivity contribution is 0.410. The standard InChI is InChI=1S/C22H21FN8O3S/c1-34-15-11-26-22(27-12-15)30-8-5-14(6-9-30)17-13-25-21-20(24-7-10-31(17)21)28-16-3-4-18(29-19(16)23)35(2,32)33/h3-5,7,10-13H,6,8-9H2,1-2H3,(H,24,28). The number of sulfone groups is 1. The van der Waals surface area contributed by atoms with Gasteiger partial charge in [-0.25, -0.2) is 33.3 Å². The predicted octanol–water partition coefficient (Wildman–Crippen LogP) is 2.50. The average molecular weight is 497 g/mol. The zero-order valence-corrected chi connectivity index (χ0v) is 19.7. The van der Waals surface area contributed by atoms with Crippen LogP contribution in [0.25, 0.3) is 11.2 Å². The van der Waals surface area contributed by atoms with Crippen molar-refractivity contribution >= 4 is 38.5 Å². The van der Waals surface area contributed by atoms with E-state index in [1.165, 1.54) is 12.1 Å². The first-order valence-electron chi connectivity index (χ1n) is 10.6. The maximum atomic E-state index is 14.5. The molecule has 11 nitrogen and oxygen atoms in total. The van der Waals surface area contributed by atoms with Crippen molar-refractivity contribution in [2.24, 2.45) is 0 Å². The number of fused-ring (bicyclic) bond motifs is 1. The summed E-state index contributed by atoms with van der Waals surface area (Å²) in [5, 5.41) is 2.53. The second-order valence-electron chi connectivity index (χ2n) is 7.85. The molecule has 35 heavy (non-hydrogen) atoms. The molecule has 0 radical (unpaired) electrons. The smallest absolute Gasteiger partial charge is 0.237 e. The highest BCUT2D eigenvalue weighted by molar-refractivity contribution is 7.90. The van der Waals surface area contributed by atoms with E-state index in [0.717, 1.165) is 30.5 Å². The largest absolute Gasteiger partial charge is 0.494 e. The molecular formula is C22H21FN8O3S. The van der Waals surface area contributed by atoms with E-state index >= 15 is 0 Å². The van der Waals surface area contributed by atoms with Crippen molar-refractivity contribution in [1.29, 1.82) is 0 Å². The molecule has 0 spiro atoms. The summed E-state index contributed by atoms with van der Waals surface area (Å²) in [5.41, 5.74) is 2.49. The van der Waals surface area contributed by atoms with Gasteiger partial charge in [0.05, 0.1) is 37.1 Å². The molecule has 0 bridgehead atoms. The molecule has 1 aliphatic rings. The van der Waals surface area contributed by atoms with Gasteiger partial charge in [-0.05, 0) is 24.1 Å². The summed E-state index contributed by atoms with van der Waals surface area (Å²) in [7, 11) is -2.05. The number of anilines is 3. The van der Waals surface area contributed by atoms with Gasteiger partial charge in [0.25, 0.3) is 0 Å². The molecule has 0 aliphatic carbocycles. The number of pyridine rings is 1. The lowest BCUT2D eigenvalue weighted by Crippen LogP contribution is -2.29. The lowest BCUT2D eigenvalue weighted by atomic mass is 10.1. The van der Waals surface area contributed by atoms with Gasteiger partial charge in [-0.3, -0.25) is 4.40 Å². The third-order valence-corrected chi connectivity index (χ3v) is 6.54. The minimum Gasteiger partial charge on any atom is -0.494 e. The summed E-state index contributed by atoms with van der Waals surface area (Å²) in [6.07, 6.45) is 12.2.